The van der Waals surface area contributed by atoms with Crippen LogP contribution in [0, 0.1) is 0 Å². The molecule has 0 saturated carbocycles. The van der Waals surface area contributed by atoms with E-state index < -0.39 is 0 Å². The Balaban J connectivity index is 2.12. The molecule has 1 saturated heterocycles. The Kier molecular flexibility index (Phi) is 3.70. The minimum absolute atomic E-state index is 0.0175. The van der Waals surface area contributed by atoms with Crippen LogP contribution in [0.15, 0.2) is 0 Å². The van der Waals surface area contributed by atoms with E-state index >= 15 is 0 Å². The standard InChI is InChI=1S/C8H14N2O3/c1-2-13-8(12)4-6-10-5-3-7(11)9-10/h2-6H2,1H3,(H,9,11). The maximum absolute atomic E-state index is 10.9. The Morgan fingerprint density at radius 1 is 1.69 bits per heavy atom. The first kappa shape index (κ1) is 9.98. The summed E-state index contributed by atoms with van der Waals surface area (Å²) in [6, 6.07) is 0. The van der Waals surface area contributed by atoms with E-state index in [4.69, 9.17) is 4.74 Å². The van der Waals surface area contributed by atoms with Crippen molar-refractivity contribution in [2.45, 2.75) is 19.8 Å². The second-order valence-electron chi connectivity index (χ2n) is 2.83. The predicted octanol–water partition coefficient (Wildman–Crippen LogP) is -0.324. The van der Waals surface area contributed by atoms with Gasteiger partial charge in [0.25, 0.3) is 0 Å². The lowest BCUT2D eigenvalue weighted by Gasteiger charge is -2.13. The Hall–Kier alpha value is -1.10. The van der Waals surface area contributed by atoms with Gasteiger partial charge in [-0.25, -0.2) is 5.01 Å². The fourth-order valence-corrected chi connectivity index (χ4v) is 1.15. The number of rotatable bonds is 4. The van der Waals surface area contributed by atoms with E-state index in [2.05, 4.69) is 5.43 Å². The van der Waals surface area contributed by atoms with Crippen LogP contribution in [0.2, 0.25) is 0 Å². The minimum atomic E-state index is -0.219. The van der Waals surface area contributed by atoms with Crippen molar-refractivity contribution < 1.29 is 14.3 Å². The van der Waals surface area contributed by atoms with Gasteiger partial charge in [0.15, 0.2) is 0 Å². The third kappa shape index (κ3) is 3.42. The molecule has 0 aromatic carbocycles. The van der Waals surface area contributed by atoms with Gasteiger partial charge in [0, 0.05) is 19.5 Å². The zero-order valence-electron chi connectivity index (χ0n) is 7.71. The quantitative estimate of drug-likeness (QED) is 0.611. The van der Waals surface area contributed by atoms with E-state index in [0.29, 0.717) is 32.5 Å². The third-order valence-electron chi connectivity index (χ3n) is 1.78. The highest BCUT2D eigenvalue weighted by Gasteiger charge is 2.18. The summed E-state index contributed by atoms with van der Waals surface area (Å²) in [4.78, 5) is 21.7. The molecule has 0 aromatic heterocycles. The van der Waals surface area contributed by atoms with E-state index in [0.717, 1.165) is 0 Å². The molecular weight excluding hydrogens is 172 g/mol. The lowest BCUT2D eigenvalue weighted by Crippen LogP contribution is -2.34. The molecule has 5 nitrogen and oxygen atoms in total. The SMILES string of the molecule is CCOC(=O)CCN1CCC(=O)N1. The van der Waals surface area contributed by atoms with E-state index in [1.807, 2.05) is 0 Å². The first-order chi connectivity index (χ1) is 6.22. The van der Waals surface area contributed by atoms with Crippen molar-refractivity contribution in [2.75, 3.05) is 19.7 Å². The van der Waals surface area contributed by atoms with Crippen LogP contribution in [0.5, 0.6) is 0 Å². The van der Waals surface area contributed by atoms with Crippen molar-refractivity contribution in [3.8, 4) is 0 Å². The Bertz CT molecular complexity index is 206. The number of nitrogens with one attached hydrogen (secondary N) is 1. The fourth-order valence-electron chi connectivity index (χ4n) is 1.15. The molecule has 74 valence electrons. The average molecular weight is 186 g/mol. The van der Waals surface area contributed by atoms with Crippen molar-refractivity contribution in [3.05, 3.63) is 0 Å². The van der Waals surface area contributed by atoms with Crippen molar-refractivity contribution in [3.63, 3.8) is 0 Å². The molecule has 1 aliphatic heterocycles. The normalized spacial score (nSPS) is 17.2. The number of hydrogen-bond acceptors (Lipinski definition) is 4. The monoisotopic (exact) mass is 186 g/mol. The molecule has 0 spiro atoms. The summed E-state index contributed by atoms with van der Waals surface area (Å²) in [6.07, 6.45) is 0.844. The van der Waals surface area contributed by atoms with Crippen LogP contribution >= 0.6 is 0 Å². The van der Waals surface area contributed by atoms with Crippen LogP contribution in [0.25, 0.3) is 0 Å². The molecule has 0 aromatic rings. The van der Waals surface area contributed by atoms with E-state index in [9.17, 15) is 9.59 Å². The van der Waals surface area contributed by atoms with Gasteiger partial charge < -0.3 is 4.74 Å². The van der Waals surface area contributed by atoms with Crippen molar-refractivity contribution >= 4 is 11.9 Å². The predicted molar refractivity (Wildman–Crippen MR) is 45.6 cm³/mol. The van der Waals surface area contributed by atoms with Crippen LogP contribution in [-0.2, 0) is 14.3 Å². The van der Waals surface area contributed by atoms with Crippen LogP contribution in [0.4, 0.5) is 0 Å². The second-order valence-corrected chi connectivity index (χ2v) is 2.83. The Morgan fingerprint density at radius 3 is 3.00 bits per heavy atom. The second kappa shape index (κ2) is 4.81. The number of nitrogens with zero attached hydrogens (tertiary/aromatic N) is 1. The number of ether oxygens (including phenoxy) is 1. The molecule has 1 fully saturated rings. The number of carbonyl (C=O) groups excluding carboxylic acids is 2. The largest absolute Gasteiger partial charge is 0.466 e. The first-order valence-corrected chi connectivity index (χ1v) is 4.42. The van der Waals surface area contributed by atoms with Crippen molar-refractivity contribution in [1.29, 1.82) is 0 Å². The van der Waals surface area contributed by atoms with Crippen molar-refractivity contribution in [1.82, 2.24) is 10.4 Å². The van der Waals surface area contributed by atoms with E-state index in [-0.39, 0.29) is 11.9 Å². The minimum Gasteiger partial charge on any atom is -0.466 e. The highest BCUT2D eigenvalue weighted by molar-refractivity contribution is 5.77. The van der Waals surface area contributed by atoms with Gasteiger partial charge >= 0.3 is 5.97 Å². The highest BCUT2D eigenvalue weighted by Crippen LogP contribution is 1.99. The van der Waals surface area contributed by atoms with Crippen LogP contribution in [-0.4, -0.2) is 36.6 Å². The molecule has 0 radical (unpaired) electrons. The molecule has 5 heteroatoms. The van der Waals surface area contributed by atoms with Gasteiger partial charge in [0.05, 0.1) is 13.0 Å². The lowest BCUT2D eigenvalue weighted by atomic mass is 10.4. The molecular formula is C8H14N2O3. The smallest absolute Gasteiger partial charge is 0.307 e. The Morgan fingerprint density at radius 2 is 2.46 bits per heavy atom. The van der Waals surface area contributed by atoms with Gasteiger partial charge in [-0.1, -0.05) is 0 Å². The summed E-state index contributed by atoms with van der Waals surface area (Å²) in [7, 11) is 0. The molecule has 1 aliphatic rings. The molecule has 13 heavy (non-hydrogen) atoms. The molecule has 0 unspecified atom stereocenters. The maximum atomic E-state index is 10.9. The Labute approximate surface area is 77.0 Å². The molecule has 1 amide bonds. The summed E-state index contributed by atoms with van der Waals surface area (Å²) in [5.41, 5.74) is 2.64. The number of hydrogen-bond donors (Lipinski definition) is 1. The summed E-state index contributed by atoms with van der Waals surface area (Å²) in [5.74, 6) is -0.201. The first-order valence-electron chi connectivity index (χ1n) is 4.42. The van der Waals surface area contributed by atoms with Crippen LogP contribution < -0.4 is 5.43 Å². The molecule has 0 aliphatic carbocycles. The average Bonchev–Trinajstić information content (AvgIpc) is 2.49. The summed E-state index contributed by atoms with van der Waals surface area (Å²) in [6.45, 7) is 3.39. The lowest BCUT2D eigenvalue weighted by molar-refractivity contribution is -0.143. The zero-order chi connectivity index (χ0) is 9.68. The topological polar surface area (TPSA) is 58.6 Å². The van der Waals surface area contributed by atoms with Gasteiger partial charge in [-0.15, -0.1) is 0 Å². The van der Waals surface area contributed by atoms with Gasteiger partial charge in [-0.3, -0.25) is 15.0 Å². The summed E-state index contributed by atoms with van der Waals surface area (Å²) < 4.78 is 4.75. The van der Waals surface area contributed by atoms with Gasteiger partial charge in [-0.2, -0.15) is 0 Å². The summed E-state index contributed by atoms with van der Waals surface area (Å²) >= 11 is 0. The van der Waals surface area contributed by atoms with Gasteiger partial charge in [0.2, 0.25) is 5.91 Å². The van der Waals surface area contributed by atoms with Crippen molar-refractivity contribution in [2.24, 2.45) is 0 Å². The summed E-state index contributed by atoms with van der Waals surface area (Å²) in [5, 5.41) is 1.74. The molecule has 1 rings (SSSR count). The number of carbonyl (C=O) groups is 2. The molecule has 0 atom stereocenters. The molecule has 1 N–H and O–H groups in total. The van der Waals surface area contributed by atoms with Gasteiger partial charge in [0.1, 0.15) is 0 Å². The molecule has 1 heterocycles. The zero-order valence-corrected chi connectivity index (χ0v) is 7.71. The van der Waals surface area contributed by atoms with Gasteiger partial charge in [-0.05, 0) is 6.92 Å². The number of esters is 1. The van der Waals surface area contributed by atoms with Crippen LogP contribution in [0.3, 0.4) is 0 Å². The van der Waals surface area contributed by atoms with Crippen LogP contribution in [0.1, 0.15) is 19.8 Å². The highest BCUT2D eigenvalue weighted by atomic mass is 16.5. The number of hydrazine groups is 1. The number of amides is 1. The van der Waals surface area contributed by atoms with E-state index in [1.165, 1.54) is 0 Å². The fraction of sp³-hybridized carbons (Fsp3) is 0.750. The third-order valence-corrected chi connectivity index (χ3v) is 1.78. The van der Waals surface area contributed by atoms with E-state index in [1.54, 1.807) is 11.9 Å². The molecule has 0 bridgehead atoms. The maximum Gasteiger partial charge on any atom is 0.307 e.